The lowest BCUT2D eigenvalue weighted by Gasteiger charge is -1.99. The van der Waals surface area contributed by atoms with Gasteiger partial charge in [-0.1, -0.05) is 55.6 Å². The average Bonchev–Trinajstić information content (AvgIpc) is 2.81. The number of aromatic nitrogens is 1. The Kier molecular flexibility index (Phi) is 3.65. The van der Waals surface area contributed by atoms with Gasteiger partial charge in [0.1, 0.15) is 5.52 Å². The molecule has 2 aromatic carbocycles. The first-order valence-electron chi connectivity index (χ1n) is 5.58. The number of nitrogens with zero attached hydrogens (tertiary/aromatic N) is 1. The molecule has 0 atom stereocenters. The Hall–Kier alpha value is -0.840. The minimum Gasteiger partial charge on any atom is -0.436 e. The molecule has 0 aliphatic rings. The molecule has 2 nitrogen and oxygen atoms in total. The number of oxazole rings is 1. The molecule has 0 amide bonds. The zero-order valence-electron chi connectivity index (χ0n) is 9.61. The highest BCUT2D eigenvalue weighted by Crippen LogP contribution is 2.32. The van der Waals surface area contributed by atoms with Crippen LogP contribution in [0.4, 0.5) is 0 Å². The quantitative estimate of drug-likeness (QED) is 0.497. The predicted molar refractivity (Wildman–Crippen MR) is 85.1 cm³/mol. The van der Waals surface area contributed by atoms with E-state index in [1.165, 1.54) is 0 Å². The summed E-state index contributed by atoms with van der Waals surface area (Å²) in [5, 5.41) is 0.668. The average molecular weight is 401 g/mol. The first-order valence-corrected chi connectivity index (χ1v) is 7.79. The van der Waals surface area contributed by atoms with Gasteiger partial charge in [-0.3, -0.25) is 0 Å². The molecule has 0 saturated heterocycles. The Balaban J connectivity index is 2.11. The van der Waals surface area contributed by atoms with Crippen molar-refractivity contribution in [3.05, 3.63) is 53.1 Å². The van der Waals surface area contributed by atoms with Crippen LogP contribution in [0.3, 0.4) is 0 Å². The number of hydrogen-bond donors (Lipinski definition) is 0. The van der Waals surface area contributed by atoms with Gasteiger partial charge in [-0.25, -0.2) is 4.98 Å². The fourth-order valence-corrected chi connectivity index (χ4v) is 2.59. The number of benzene rings is 2. The maximum atomic E-state index is 5.98. The Labute approximate surface area is 132 Å². The van der Waals surface area contributed by atoms with Gasteiger partial charge >= 0.3 is 0 Å². The van der Waals surface area contributed by atoms with Gasteiger partial charge in [0.05, 0.1) is 3.74 Å². The molecule has 0 aliphatic carbocycles. The van der Waals surface area contributed by atoms with Crippen LogP contribution in [-0.2, 0) is 0 Å². The lowest BCUT2D eigenvalue weighted by molar-refractivity contribution is 0.620. The topological polar surface area (TPSA) is 26.0 Å². The molecular weight excluding hydrogens is 393 g/mol. The molecule has 1 heterocycles. The van der Waals surface area contributed by atoms with Crippen molar-refractivity contribution < 1.29 is 4.42 Å². The smallest absolute Gasteiger partial charge is 0.227 e. The van der Waals surface area contributed by atoms with Crippen molar-refractivity contribution in [2.45, 2.75) is 3.74 Å². The van der Waals surface area contributed by atoms with Crippen LogP contribution in [0.25, 0.3) is 22.6 Å². The minimum atomic E-state index is 0.107. The van der Waals surface area contributed by atoms with Crippen molar-refractivity contribution in [2.75, 3.05) is 0 Å². The van der Waals surface area contributed by atoms with E-state index in [1.807, 2.05) is 42.5 Å². The number of alkyl halides is 2. The van der Waals surface area contributed by atoms with Crippen LogP contribution in [0.2, 0.25) is 5.02 Å². The molecular formula is C14H8Br2ClNO. The van der Waals surface area contributed by atoms with Crippen LogP contribution < -0.4 is 0 Å². The Morgan fingerprint density at radius 2 is 1.95 bits per heavy atom. The monoisotopic (exact) mass is 399 g/mol. The summed E-state index contributed by atoms with van der Waals surface area (Å²) in [4.78, 5) is 4.50. The second-order valence-electron chi connectivity index (χ2n) is 4.06. The maximum absolute atomic E-state index is 5.98. The Morgan fingerprint density at radius 1 is 1.11 bits per heavy atom. The largest absolute Gasteiger partial charge is 0.436 e. The Morgan fingerprint density at radius 3 is 2.68 bits per heavy atom. The van der Waals surface area contributed by atoms with Crippen molar-refractivity contribution in [1.82, 2.24) is 4.98 Å². The lowest BCUT2D eigenvalue weighted by Crippen LogP contribution is -1.80. The molecule has 0 N–H and O–H groups in total. The number of rotatable bonds is 2. The van der Waals surface area contributed by atoms with E-state index in [1.54, 1.807) is 0 Å². The summed E-state index contributed by atoms with van der Waals surface area (Å²) in [7, 11) is 0. The number of hydrogen-bond acceptors (Lipinski definition) is 2. The van der Waals surface area contributed by atoms with E-state index >= 15 is 0 Å². The van der Waals surface area contributed by atoms with Crippen LogP contribution in [0.15, 0.2) is 46.9 Å². The van der Waals surface area contributed by atoms with E-state index < -0.39 is 0 Å². The van der Waals surface area contributed by atoms with Gasteiger partial charge in [0.2, 0.25) is 5.89 Å². The first-order chi connectivity index (χ1) is 9.13. The molecule has 0 unspecified atom stereocenters. The third kappa shape index (κ3) is 2.71. The highest BCUT2D eigenvalue weighted by atomic mass is 79.9. The normalized spacial score (nSPS) is 11.4. The van der Waals surface area contributed by atoms with Gasteiger partial charge in [0.25, 0.3) is 0 Å². The van der Waals surface area contributed by atoms with E-state index in [9.17, 15) is 0 Å². The predicted octanol–water partition coefficient (Wildman–Crippen LogP) is 5.94. The van der Waals surface area contributed by atoms with E-state index in [2.05, 4.69) is 36.8 Å². The molecule has 19 heavy (non-hydrogen) atoms. The lowest BCUT2D eigenvalue weighted by atomic mass is 10.2. The van der Waals surface area contributed by atoms with E-state index in [0.29, 0.717) is 10.9 Å². The SMILES string of the molecule is Clc1cccc(-c2nc3cc(C(Br)Br)ccc3o2)c1. The molecule has 0 aliphatic heterocycles. The van der Waals surface area contributed by atoms with Crippen molar-refractivity contribution >= 4 is 54.6 Å². The molecule has 0 spiro atoms. The Bertz CT molecular complexity index is 739. The van der Waals surface area contributed by atoms with Crippen LogP contribution in [0.1, 0.15) is 9.30 Å². The molecule has 0 fully saturated rings. The molecule has 0 saturated carbocycles. The number of fused-ring (bicyclic) bond motifs is 1. The molecule has 1 aromatic heterocycles. The van der Waals surface area contributed by atoms with Gasteiger partial charge in [-0.2, -0.15) is 0 Å². The van der Waals surface area contributed by atoms with Gasteiger partial charge < -0.3 is 4.42 Å². The molecule has 3 aromatic rings. The third-order valence-corrected chi connectivity index (χ3v) is 4.03. The molecule has 96 valence electrons. The van der Waals surface area contributed by atoms with Gasteiger partial charge in [0.15, 0.2) is 5.58 Å². The second-order valence-corrected chi connectivity index (χ2v) is 7.55. The molecule has 5 heteroatoms. The zero-order chi connectivity index (χ0) is 13.4. The van der Waals surface area contributed by atoms with E-state index in [0.717, 1.165) is 22.2 Å². The fourth-order valence-electron chi connectivity index (χ4n) is 1.83. The summed E-state index contributed by atoms with van der Waals surface area (Å²) >= 11 is 12.9. The fraction of sp³-hybridized carbons (Fsp3) is 0.0714. The molecule has 3 rings (SSSR count). The summed E-state index contributed by atoms with van der Waals surface area (Å²) in [5.74, 6) is 0.579. The van der Waals surface area contributed by atoms with Crippen LogP contribution in [0, 0.1) is 0 Å². The van der Waals surface area contributed by atoms with Gasteiger partial charge in [-0.05, 0) is 35.9 Å². The highest BCUT2D eigenvalue weighted by molar-refractivity contribution is 9.24. The van der Waals surface area contributed by atoms with Crippen LogP contribution in [-0.4, -0.2) is 4.98 Å². The van der Waals surface area contributed by atoms with Crippen LogP contribution >= 0.6 is 43.5 Å². The van der Waals surface area contributed by atoms with Crippen molar-refractivity contribution in [2.24, 2.45) is 0 Å². The van der Waals surface area contributed by atoms with Crippen LogP contribution in [0.5, 0.6) is 0 Å². The third-order valence-electron chi connectivity index (χ3n) is 2.74. The molecule has 0 radical (unpaired) electrons. The molecule has 0 bridgehead atoms. The summed E-state index contributed by atoms with van der Waals surface area (Å²) in [6, 6.07) is 13.4. The number of halogens is 3. The summed E-state index contributed by atoms with van der Waals surface area (Å²) in [6.07, 6.45) is 0. The zero-order valence-corrected chi connectivity index (χ0v) is 13.5. The van der Waals surface area contributed by atoms with E-state index in [4.69, 9.17) is 16.0 Å². The summed E-state index contributed by atoms with van der Waals surface area (Å²) in [6.45, 7) is 0. The van der Waals surface area contributed by atoms with Gasteiger partial charge in [0, 0.05) is 10.6 Å². The first kappa shape index (κ1) is 13.2. The van der Waals surface area contributed by atoms with E-state index in [-0.39, 0.29) is 3.74 Å². The minimum absolute atomic E-state index is 0.107. The summed E-state index contributed by atoms with van der Waals surface area (Å²) in [5.41, 5.74) is 3.56. The van der Waals surface area contributed by atoms with Gasteiger partial charge in [-0.15, -0.1) is 0 Å². The van der Waals surface area contributed by atoms with Crippen molar-refractivity contribution in [3.63, 3.8) is 0 Å². The standard InChI is InChI=1S/C14H8Br2ClNO/c15-13(16)8-4-5-12-11(7-8)18-14(19-12)9-2-1-3-10(17)6-9/h1-7,13H. The van der Waals surface area contributed by atoms with Crippen molar-refractivity contribution in [1.29, 1.82) is 0 Å². The summed E-state index contributed by atoms with van der Waals surface area (Å²) < 4.78 is 5.85. The highest BCUT2D eigenvalue weighted by Gasteiger charge is 2.10. The second kappa shape index (κ2) is 5.27. The van der Waals surface area contributed by atoms with Crippen molar-refractivity contribution in [3.8, 4) is 11.5 Å². The maximum Gasteiger partial charge on any atom is 0.227 e.